The zero-order chi connectivity index (χ0) is 30.8. The minimum absolute atomic E-state index is 0.00663. The second-order valence-electron chi connectivity index (χ2n) is 12.7. The van der Waals surface area contributed by atoms with E-state index in [9.17, 15) is 9.59 Å². The Morgan fingerprint density at radius 2 is 1.86 bits per heavy atom. The molecule has 230 valence electrons. The van der Waals surface area contributed by atoms with Gasteiger partial charge in [-0.3, -0.25) is 4.79 Å². The van der Waals surface area contributed by atoms with Gasteiger partial charge in [0.2, 0.25) is 0 Å². The number of amides is 1. The maximum atomic E-state index is 13.5. The number of nitriles is 1. The normalized spacial score (nSPS) is 19.9. The molecule has 1 aromatic carbocycles. The second-order valence-corrected chi connectivity index (χ2v) is 14.1. The van der Waals surface area contributed by atoms with Crippen LogP contribution in [0, 0.1) is 11.3 Å². The van der Waals surface area contributed by atoms with Crippen LogP contribution >= 0.6 is 8.53 Å². The van der Waals surface area contributed by atoms with E-state index >= 15 is 0 Å². The van der Waals surface area contributed by atoms with E-state index in [1.807, 2.05) is 6.07 Å². The van der Waals surface area contributed by atoms with Crippen molar-refractivity contribution in [3.63, 3.8) is 0 Å². The highest BCUT2D eigenvalue weighted by atomic mass is 31.2. The van der Waals surface area contributed by atoms with Gasteiger partial charge < -0.3 is 23.3 Å². The van der Waals surface area contributed by atoms with Gasteiger partial charge in [0.05, 0.1) is 25.2 Å². The van der Waals surface area contributed by atoms with E-state index in [0.717, 1.165) is 24.0 Å². The Morgan fingerprint density at radius 3 is 2.45 bits per heavy atom. The largest absolute Gasteiger partial charge is 0.422 e. The van der Waals surface area contributed by atoms with Crippen molar-refractivity contribution in [1.82, 2.24) is 9.57 Å². The molecule has 0 spiro atoms. The molecule has 9 nitrogen and oxygen atoms in total. The highest BCUT2D eigenvalue weighted by Gasteiger charge is 2.37. The molecule has 2 aromatic rings. The molecule has 1 saturated heterocycles. The molecule has 10 heteroatoms. The van der Waals surface area contributed by atoms with Crippen molar-refractivity contribution in [2.75, 3.05) is 31.1 Å². The molecule has 3 heterocycles. The number of piperidine rings is 1. The average Bonchev–Trinajstić information content (AvgIpc) is 2.91. The molecule has 1 aromatic heterocycles. The summed E-state index contributed by atoms with van der Waals surface area (Å²) in [5, 5.41) is 9.75. The van der Waals surface area contributed by atoms with Crippen LogP contribution in [-0.2, 0) is 9.05 Å². The molecule has 2 aliphatic rings. The SMILES string of the molecule is CCN1c2cc3oc(=O)c(C(=O)N4CCC(OP(OCCC#N)N(C(C)C)C(C)C)CC4)cc3cc2C(C)CC1(C)C. The summed E-state index contributed by atoms with van der Waals surface area (Å²) >= 11 is 0. The molecule has 0 aliphatic carbocycles. The maximum absolute atomic E-state index is 13.5. The molecule has 1 fully saturated rings. The van der Waals surface area contributed by atoms with Crippen LogP contribution in [0.4, 0.5) is 5.69 Å². The third kappa shape index (κ3) is 6.83. The number of hydrogen-bond acceptors (Lipinski definition) is 8. The summed E-state index contributed by atoms with van der Waals surface area (Å²) < 4.78 is 20.5. The lowest BCUT2D eigenvalue weighted by Gasteiger charge is -2.47. The average molecular weight is 599 g/mol. The fourth-order valence-electron chi connectivity index (χ4n) is 6.60. The zero-order valence-corrected chi connectivity index (χ0v) is 27.4. The highest BCUT2D eigenvalue weighted by Crippen LogP contribution is 2.48. The summed E-state index contributed by atoms with van der Waals surface area (Å²) in [5.41, 5.74) is 2.31. The lowest BCUT2D eigenvalue weighted by atomic mass is 9.79. The van der Waals surface area contributed by atoms with Gasteiger partial charge in [-0.2, -0.15) is 5.26 Å². The van der Waals surface area contributed by atoms with E-state index < -0.39 is 14.2 Å². The fraction of sp³-hybridized carbons (Fsp3) is 0.656. The minimum atomic E-state index is -1.34. The van der Waals surface area contributed by atoms with Crippen molar-refractivity contribution in [3.05, 3.63) is 39.7 Å². The monoisotopic (exact) mass is 598 g/mol. The van der Waals surface area contributed by atoms with Gasteiger partial charge in [0.1, 0.15) is 11.1 Å². The third-order valence-corrected chi connectivity index (χ3v) is 10.6. The van der Waals surface area contributed by atoms with Crippen LogP contribution in [0.15, 0.2) is 27.4 Å². The van der Waals surface area contributed by atoms with Crippen molar-refractivity contribution in [2.45, 2.75) is 111 Å². The Morgan fingerprint density at radius 1 is 1.19 bits per heavy atom. The van der Waals surface area contributed by atoms with Crippen LogP contribution in [0.2, 0.25) is 0 Å². The number of fused-ring (bicyclic) bond motifs is 2. The van der Waals surface area contributed by atoms with Gasteiger partial charge in [-0.05, 0) is 91.3 Å². The van der Waals surface area contributed by atoms with E-state index in [0.29, 0.717) is 50.5 Å². The molecule has 0 radical (unpaired) electrons. The molecule has 2 unspecified atom stereocenters. The van der Waals surface area contributed by atoms with Gasteiger partial charge in [-0.25, -0.2) is 9.46 Å². The second kappa shape index (κ2) is 13.4. The molecule has 4 rings (SSSR count). The summed E-state index contributed by atoms with van der Waals surface area (Å²) in [6.45, 7) is 19.5. The first-order valence-electron chi connectivity index (χ1n) is 15.3. The Bertz CT molecular complexity index is 1350. The number of nitrogens with zero attached hydrogens (tertiary/aromatic N) is 4. The lowest BCUT2D eigenvalue weighted by molar-refractivity contribution is 0.0540. The first-order valence-corrected chi connectivity index (χ1v) is 16.4. The van der Waals surface area contributed by atoms with Crippen molar-refractivity contribution in [2.24, 2.45) is 0 Å². The number of carbonyl (C=O) groups is 1. The quantitative estimate of drug-likeness (QED) is 0.167. The number of carbonyl (C=O) groups excluding carboxylic acids is 1. The smallest absolute Gasteiger partial charge is 0.349 e. The van der Waals surface area contributed by atoms with E-state index in [1.54, 1.807) is 11.0 Å². The Hall–Kier alpha value is -2.50. The van der Waals surface area contributed by atoms with Gasteiger partial charge in [-0.1, -0.05) is 6.92 Å². The molecular weight excluding hydrogens is 551 g/mol. The van der Waals surface area contributed by atoms with Crippen molar-refractivity contribution < 1.29 is 18.3 Å². The van der Waals surface area contributed by atoms with E-state index in [1.165, 1.54) is 5.56 Å². The number of hydrogen-bond donors (Lipinski definition) is 0. The molecule has 2 atom stereocenters. The van der Waals surface area contributed by atoms with Gasteiger partial charge in [0.15, 0.2) is 0 Å². The maximum Gasteiger partial charge on any atom is 0.349 e. The predicted octanol–water partition coefficient (Wildman–Crippen LogP) is 6.80. The molecular formula is C32H47N4O5P. The van der Waals surface area contributed by atoms with Crippen molar-refractivity contribution >= 4 is 31.1 Å². The van der Waals surface area contributed by atoms with Crippen LogP contribution in [0.3, 0.4) is 0 Å². The van der Waals surface area contributed by atoms with Gasteiger partial charge in [-0.15, -0.1) is 0 Å². The first-order chi connectivity index (χ1) is 19.9. The van der Waals surface area contributed by atoms with Crippen LogP contribution in [0.5, 0.6) is 0 Å². The molecule has 2 aliphatic heterocycles. The summed E-state index contributed by atoms with van der Waals surface area (Å²) in [4.78, 5) is 30.7. The zero-order valence-electron chi connectivity index (χ0n) is 26.5. The number of benzene rings is 1. The molecule has 0 N–H and O–H groups in total. The fourth-order valence-corrected chi connectivity index (χ4v) is 8.37. The minimum Gasteiger partial charge on any atom is -0.422 e. The number of likely N-dealkylation sites (tertiary alicyclic amines) is 1. The highest BCUT2D eigenvalue weighted by molar-refractivity contribution is 7.44. The van der Waals surface area contributed by atoms with Gasteiger partial charge in [0, 0.05) is 54.4 Å². The van der Waals surface area contributed by atoms with E-state index in [-0.39, 0.29) is 35.2 Å². The summed E-state index contributed by atoms with van der Waals surface area (Å²) in [6, 6.07) is 8.34. The van der Waals surface area contributed by atoms with Crippen LogP contribution in [0.25, 0.3) is 11.0 Å². The van der Waals surface area contributed by atoms with Gasteiger partial charge >= 0.3 is 5.63 Å². The van der Waals surface area contributed by atoms with Gasteiger partial charge in [0.25, 0.3) is 14.4 Å². The molecule has 42 heavy (non-hydrogen) atoms. The summed E-state index contributed by atoms with van der Waals surface area (Å²) in [7, 11) is -1.34. The summed E-state index contributed by atoms with van der Waals surface area (Å²) in [6.07, 6.45) is 2.54. The topological polar surface area (TPSA) is 99.3 Å². The molecule has 1 amide bonds. The van der Waals surface area contributed by atoms with Crippen molar-refractivity contribution in [1.29, 1.82) is 5.26 Å². The van der Waals surface area contributed by atoms with Crippen LogP contribution in [0.1, 0.15) is 103 Å². The Labute approximate surface area is 251 Å². The van der Waals surface area contributed by atoms with Crippen LogP contribution < -0.4 is 10.5 Å². The molecule has 0 bridgehead atoms. The van der Waals surface area contributed by atoms with E-state index in [2.05, 4.69) is 77.1 Å². The summed E-state index contributed by atoms with van der Waals surface area (Å²) in [5.74, 6) is 0.0497. The third-order valence-electron chi connectivity index (χ3n) is 8.42. The predicted molar refractivity (Wildman–Crippen MR) is 168 cm³/mol. The van der Waals surface area contributed by atoms with Crippen molar-refractivity contribution in [3.8, 4) is 6.07 Å². The number of rotatable bonds is 10. The lowest BCUT2D eigenvalue weighted by Crippen LogP contribution is -2.48. The van der Waals surface area contributed by atoms with Crippen LogP contribution in [-0.4, -0.2) is 65.4 Å². The Balaban J connectivity index is 1.49. The Kier molecular flexibility index (Phi) is 10.4. The number of anilines is 1. The molecule has 0 saturated carbocycles. The first kappa shape index (κ1) is 32.4. The van der Waals surface area contributed by atoms with E-state index in [4.69, 9.17) is 18.7 Å². The standard InChI is InChI=1S/C32H47N4O5P/c1-9-35-28-19-29-24(17-26(28)23(6)20-32(35,7)8)18-27(31(38)40-29)30(37)34-14-11-25(12-15-34)41-42(39-16-10-13-33)36(21(2)3)22(4)5/h17-19,21-23,25H,9-12,14-16,20H2,1-8H3.